The third-order valence-corrected chi connectivity index (χ3v) is 3.99. The molecule has 2 aromatic carbocycles. The fourth-order valence-electron chi connectivity index (χ4n) is 2.47. The van der Waals surface area contributed by atoms with Gasteiger partial charge in [0, 0.05) is 18.2 Å². The van der Waals surface area contributed by atoms with Crippen molar-refractivity contribution in [2.24, 2.45) is 0 Å². The second kappa shape index (κ2) is 8.16. The quantitative estimate of drug-likeness (QED) is 0.863. The summed E-state index contributed by atoms with van der Waals surface area (Å²) in [6.07, 6.45) is -3.73. The molecule has 1 unspecified atom stereocenters. The van der Waals surface area contributed by atoms with Crippen LogP contribution in [-0.4, -0.2) is 37.5 Å². The average Bonchev–Trinajstić information content (AvgIpc) is 2.58. The van der Waals surface area contributed by atoms with Crippen LogP contribution in [0.2, 0.25) is 0 Å². The first-order chi connectivity index (χ1) is 11.8. The van der Waals surface area contributed by atoms with Crippen molar-refractivity contribution in [3.63, 3.8) is 0 Å². The van der Waals surface area contributed by atoms with E-state index in [4.69, 9.17) is 0 Å². The Morgan fingerprint density at radius 2 is 1.76 bits per heavy atom. The van der Waals surface area contributed by atoms with E-state index in [0.717, 1.165) is 24.1 Å². The maximum atomic E-state index is 12.8. The van der Waals surface area contributed by atoms with Crippen LogP contribution in [0.25, 0.3) is 0 Å². The highest BCUT2D eigenvalue weighted by Crippen LogP contribution is 2.29. The molecule has 0 aromatic heterocycles. The normalized spacial score (nSPS) is 12.9. The van der Waals surface area contributed by atoms with Crippen LogP contribution in [0.3, 0.4) is 0 Å². The van der Waals surface area contributed by atoms with Gasteiger partial charge in [0.1, 0.15) is 0 Å². The van der Waals surface area contributed by atoms with E-state index in [1.54, 1.807) is 0 Å². The smallest absolute Gasteiger partial charge is 0.350 e. The van der Waals surface area contributed by atoms with E-state index < -0.39 is 17.6 Å². The zero-order valence-corrected chi connectivity index (χ0v) is 14.2. The van der Waals surface area contributed by atoms with Gasteiger partial charge in [-0.2, -0.15) is 13.2 Å². The van der Waals surface area contributed by atoms with Crippen molar-refractivity contribution in [1.29, 1.82) is 0 Å². The van der Waals surface area contributed by atoms with E-state index >= 15 is 0 Å². The number of nitrogens with one attached hydrogen (secondary N) is 1. The Bertz CT molecular complexity index is 699. The molecule has 1 N–H and O–H groups in total. The van der Waals surface area contributed by atoms with Gasteiger partial charge in [0.2, 0.25) is 0 Å². The molecule has 6 heteroatoms. The Hall–Kier alpha value is -2.34. The predicted octanol–water partition coefficient (Wildman–Crippen LogP) is 3.61. The van der Waals surface area contributed by atoms with Gasteiger partial charge in [-0.1, -0.05) is 36.4 Å². The summed E-state index contributed by atoms with van der Waals surface area (Å²) >= 11 is 0. The van der Waals surface area contributed by atoms with Crippen LogP contribution in [0.5, 0.6) is 0 Å². The molecule has 134 valence electrons. The number of likely N-dealkylation sites (N-methyl/N-ethyl adjacent to an activating group) is 1. The van der Waals surface area contributed by atoms with Crippen molar-refractivity contribution >= 4 is 5.91 Å². The summed E-state index contributed by atoms with van der Waals surface area (Å²) < 4.78 is 38.3. The second-order valence-electron chi connectivity index (χ2n) is 6.10. The lowest BCUT2D eigenvalue weighted by molar-refractivity contribution is -0.137. The molecule has 0 aliphatic rings. The fraction of sp³-hybridized carbons (Fsp3) is 0.316. The number of rotatable bonds is 6. The largest absolute Gasteiger partial charge is 0.416 e. The summed E-state index contributed by atoms with van der Waals surface area (Å²) in [4.78, 5) is 14.2. The number of alkyl halides is 3. The van der Waals surface area contributed by atoms with Crippen LogP contribution in [0.15, 0.2) is 54.6 Å². The highest BCUT2D eigenvalue weighted by atomic mass is 19.4. The van der Waals surface area contributed by atoms with Gasteiger partial charge in [-0.05, 0) is 44.3 Å². The summed E-state index contributed by atoms with van der Waals surface area (Å²) in [6.45, 7) is 0.344. The highest BCUT2D eigenvalue weighted by molar-refractivity contribution is 5.94. The first-order valence-electron chi connectivity index (χ1n) is 7.93. The van der Waals surface area contributed by atoms with Crippen LogP contribution in [0.1, 0.15) is 21.5 Å². The van der Waals surface area contributed by atoms with E-state index in [0.29, 0.717) is 6.54 Å². The lowest BCUT2D eigenvalue weighted by Crippen LogP contribution is -2.41. The van der Waals surface area contributed by atoms with Crippen LogP contribution < -0.4 is 5.32 Å². The van der Waals surface area contributed by atoms with E-state index in [-0.39, 0.29) is 11.6 Å². The molecule has 0 aliphatic carbocycles. The second-order valence-corrected chi connectivity index (χ2v) is 6.10. The molecule has 0 radical (unpaired) electrons. The van der Waals surface area contributed by atoms with Crippen LogP contribution >= 0.6 is 0 Å². The number of carbonyl (C=O) groups is 1. The maximum absolute atomic E-state index is 12.8. The van der Waals surface area contributed by atoms with E-state index in [9.17, 15) is 18.0 Å². The summed E-state index contributed by atoms with van der Waals surface area (Å²) in [7, 11) is 3.81. The number of nitrogens with zero attached hydrogens (tertiary/aromatic N) is 1. The van der Waals surface area contributed by atoms with Crippen molar-refractivity contribution in [3.8, 4) is 0 Å². The SMILES string of the molecule is CN(C)C(CNC(=O)c1cccc(C(F)(F)F)c1)Cc1ccccc1. The number of halogens is 3. The maximum Gasteiger partial charge on any atom is 0.416 e. The van der Waals surface area contributed by atoms with Gasteiger partial charge in [0.25, 0.3) is 5.91 Å². The zero-order chi connectivity index (χ0) is 18.4. The third kappa shape index (κ3) is 5.60. The molecule has 1 atom stereocenters. The molecule has 0 spiro atoms. The molecule has 1 amide bonds. The molecule has 0 heterocycles. The Morgan fingerprint density at radius 3 is 2.36 bits per heavy atom. The molecule has 25 heavy (non-hydrogen) atoms. The Kier molecular flexibility index (Phi) is 6.20. The van der Waals surface area contributed by atoms with Crippen LogP contribution in [0, 0.1) is 0 Å². The summed E-state index contributed by atoms with van der Waals surface area (Å²) in [5.74, 6) is -0.508. The van der Waals surface area contributed by atoms with Gasteiger partial charge in [-0.15, -0.1) is 0 Å². The topological polar surface area (TPSA) is 32.3 Å². The number of carbonyl (C=O) groups excluding carboxylic acids is 1. The average molecular weight is 350 g/mol. The number of hydrogen-bond acceptors (Lipinski definition) is 2. The summed E-state index contributed by atoms with van der Waals surface area (Å²) in [5, 5.41) is 2.73. The molecule has 2 rings (SSSR count). The third-order valence-electron chi connectivity index (χ3n) is 3.99. The molecular formula is C19H21F3N2O. The Balaban J connectivity index is 2.02. The molecule has 0 saturated carbocycles. The first kappa shape index (κ1) is 19.0. The molecule has 0 aliphatic heterocycles. The minimum Gasteiger partial charge on any atom is -0.350 e. The predicted molar refractivity (Wildman–Crippen MR) is 91.4 cm³/mol. The van der Waals surface area contributed by atoms with Crippen molar-refractivity contribution < 1.29 is 18.0 Å². The molecular weight excluding hydrogens is 329 g/mol. The van der Waals surface area contributed by atoms with Gasteiger partial charge in [-0.25, -0.2) is 0 Å². The Morgan fingerprint density at radius 1 is 1.08 bits per heavy atom. The lowest BCUT2D eigenvalue weighted by atomic mass is 10.0. The monoisotopic (exact) mass is 350 g/mol. The van der Waals surface area contributed by atoms with Gasteiger partial charge < -0.3 is 10.2 Å². The molecule has 0 fully saturated rings. The molecule has 0 bridgehead atoms. The van der Waals surface area contributed by atoms with Crippen molar-refractivity contribution in [2.45, 2.75) is 18.6 Å². The molecule has 3 nitrogen and oxygen atoms in total. The van der Waals surface area contributed by atoms with Crippen molar-refractivity contribution in [3.05, 3.63) is 71.3 Å². The highest BCUT2D eigenvalue weighted by Gasteiger charge is 2.30. The van der Waals surface area contributed by atoms with Gasteiger partial charge in [0.05, 0.1) is 5.56 Å². The lowest BCUT2D eigenvalue weighted by Gasteiger charge is -2.25. The van der Waals surface area contributed by atoms with E-state index in [1.165, 1.54) is 12.1 Å². The fourth-order valence-corrected chi connectivity index (χ4v) is 2.47. The van der Waals surface area contributed by atoms with E-state index in [2.05, 4.69) is 5.32 Å². The summed E-state index contributed by atoms with van der Waals surface area (Å²) in [5.41, 5.74) is 0.315. The minimum absolute atomic E-state index is 0.00652. The zero-order valence-electron chi connectivity index (χ0n) is 14.2. The standard InChI is InChI=1S/C19H21F3N2O/c1-24(2)17(11-14-7-4-3-5-8-14)13-23-18(25)15-9-6-10-16(12-15)19(20,21)22/h3-10,12,17H,11,13H2,1-2H3,(H,23,25). The van der Waals surface area contributed by atoms with Gasteiger partial charge in [0.15, 0.2) is 0 Å². The molecule has 2 aromatic rings. The first-order valence-corrected chi connectivity index (χ1v) is 7.93. The van der Waals surface area contributed by atoms with Gasteiger partial charge >= 0.3 is 6.18 Å². The van der Waals surface area contributed by atoms with Crippen molar-refractivity contribution in [1.82, 2.24) is 10.2 Å². The van der Waals surface area contributed by atoms with E-state index in [1.807, 2.05) is 49.3 Å². The van der Waals surface area contributed by atoms with Gasteiger partial charge in [-0.3, -0.25) is 4.79 Å². The summed E-state index contributed by atoms with van der Waals surface area (Å²) in [6, 6.07) is 14.3. The number of amides is 1. The van der Waals surface area contributed by atoms with Crippen LogP contribution in [-0.2, 0) is 12.6 Å². The van der Waals surface area contributed by atoms with Crippen molar-refractivity contribution in [2.75, 3.05) is 20.6 Å². The number of hydrogen-bond donors (Lipinski definition) is 1. The van der Waals surface area contributed by atoms with Crippen LogP contribution in [0.4, 0.5) is 13.2 Å². The number of benzene rings is 2. The Labute approximate surface area is 145 Å². The molecule has 0 saturated heterocycles. The minimum atomic E-state index is -4.46.